The second-order valence-electron chi connectivity index (χ2n) is 2.37. The lowest BCUT2D eigenvalue weighted by Gasteiger charge is -1.87. The first-order valence-electron chi connectivity index (χ1n) is 3.50. The van der Waals surface area contributed by atoms with Crippen molar-refractivity contribution in [3.05, 3.63) is 9.15 Å². The Kier molecular flexibility index (Phi) is 5.81. The number of hydrogen-bond acceptors (Lipinski definition) is 0. The quantitative estimate of drug-likeness (QED) is 0.492. The molecule has 0 aliphatic heterocycles. The van der Waals surface area contributed by atoms with Crippen LogP contribution in [-0.2, 0) is 0 Å². The maximum absolute atomic E-state index is 3.10. The molecule has 0 heterocycles. The number of halogens is 1. The highest BCUT2D eigenvalue weighted by Gasteiger charge is 1.84. The first-order valence-corrected chi connectivity index (χ1v) is 4.58. The average Bonchev–Trinajstić information content (AvgIpc) is 1.88. The first-order chi connectivity index (χ1) is 4.68. The smallest absolute Gasteiger partial charge is 0.0615 e. The maximum Gasteiger partial charge on any atom is 0.0615 e. The molecule has 56 valence electrons. The minimum Gasteiger partial charge on any atom is -0.0974 e. The Morgan fingerprint density at radius 1 is 1.40 bits per heavy atom. The van der Waals surface area contributed by atoms with Gasteiger partial charge in [-0.25, -0.2) is 0 Å². The van der Waals surface area contributed by atoms with Crippen LogP contribution in [0.25, 0.3) is 0 Å². The fraction of sp³-hybridized carbons (Fsp3) is 0.556. The number of rotatable bonds is 1. The van der Waals surface area contributed by atoms with Crippen molar-refractivity contribution < 1.29 is 0 Å². The van der Waals surface area contributed by atoms with Crippen molar-refractivity contribution in [3.8, 4) is 11.8 Å². The molecule has 0 aliphatic carbocycles. The molecule has 10 heavy (non-hydrogen) atoms. The van der Waals surface area contributed by atoms with E-state index in [4.69, 9.17) is 0 Å². The predicted octanol–water partition coefficient (Wildman–Crippen LogP) is 3.52. The van der Waals surface area contributed by atoms with E-state index in [0.29, 0.717) is 0 Å². The molecule has 0 N–H and O–H groups in total. The number of allylic oxidation sites excluding steroid dienone is 2. The lowest BCUT2D eigenvalue weighted by molar-refractivity contribution is 0.983. The highest BCUT2D eigenvalue weighted by molar-refractivity contribution is 14.1. The highest BCUT2D eigenvalue weighted by atomic mass is 127. The molecule has 0 spiro atoms. The van der Waals surface area contributed by atoms with Gasteiger partial charge < -0.3 is 0 Å². The summed E-state index contributed by atoms with van der Waals surface area (Å²) in [6.45, 7) is 6.31. The zero-order chi connectivity index (χ0) is 7.98. The Morgan fingerprint density at radius 3 is 2.40 bits per heavy atom. The fourth-order valence-corrected chi connectivity index (χ4v) is 0.581. The van der Waals surface area contributed by atoms with E-state index in [0.717, 1.165) is 12.8 Å². The summed E-state index contributed by atoms with van der Waals surface area (Å²) in [5.74, 6) is 6.20. The van der Waals surface area contributed by atoms with E-state index in [1.807, 2.05) is 0 Å². The molecule has 0 aromatic heterocycles. The van der Waals surface area contributed by atoms with Crippen molar-refractivity contribution in [2.45, 2.75) is 33.6 Å². The molecular formula is C9H13I. The van der Waals surface area contributed by atoms with Crippen molar-refractivity contribution in [3.63, 3.8) is 0 Å². The minimum absolute atomic E-state index is 1.01. The molecule has 0 nitrogen and oxygen atoms in total. The van der Waals surface area contributed by atoms with Gasteiger partial charge in [-0.05, 0) is 42.9 Å². The zero-order valence-electron chi connectivity index (χ0n) is 6.79. The molecule has 0 rings (SSSR count). The van der Waals surface area contributed by atoms with E-state index in [9.17, 15) is 0 Å². The number of hydrogen-bond donors (Lipinski definition) is 0. The summed E-state index contributed by atoms with van der Waals surface area (Å²) in [6.07, 6.45) is 2.17. The van der Waals surface area contributed by atoms with Crippen molar-refractivity contribution in [1.82, 2.24) is 0 Å². The van der Waals surface area contributed by atoms with Gasteiger partial charge in [-0.15, -0.1) is 0 Å². The average molecular weight is 248 g/mol. The molecule has 0 aromatic rings. The Balaban J connectivity index is 3.93. The first kappa shape index (κ1) is 10.0. The van der Waals surface area contributed by atoms with Crippen LogP contribution in [0.15, 0.2) is 9.15 Å². The van der Waals surface area contributed by atoms with E-state index in [-0.39, 0.29) is 0 Å². The largest absolute Gasteiger partial charge is 0.0974 e. The molecule has 1 heteroatoms. The molecule has 0 unspecified atom stereocenters. The molecule has 0 saturated heterocycles. The monoisotopic (exact) mass is 248 g/mol. The van der Waals surface area contributed by atoms with E-state index in [1.165, 1.54) is 9.15 Å². The second-order valence-corrected chi connectivity index (χ2v) is 3.44. The van der Waals surface area contributed by atoms with Crippen molar-refractivity contribution in [1.29, 1.82) is 0 Å². The maximum atomic E-state index is 3.10. The molecule has 0 fully saturated rings. The summed E-state index contributed by atoms with van der Waals surface area (Å²) in [4.78, 5) is 0. The van der Waals surface area contributed by atoms with Crippen molar-refractivity contribution in [2.24, 2.45) is 0 Å². The van der Waals surface area contributed by atoms with Gasteiger partial charge in [0, 0.05) is 6.42 Å². The Bertz CT molecular complexity index is 175. The predicted molar refractivity (Wildman–Crippen MR) is 55.1 cm³/mol. The van der Waals surface area contributed by atoms with Crippen LogP contribution in [0.2, 0.25) is 0 Å². The number of unbranched alkanes of at least 4 members (excludes halogenated alkanes) is 1. The van der Waals surface area contributed by atoms with Crippen LogP contribution in [-0.4, -0.2) is 0 Å². The fourth-order valence-electron chi connectivity index (χ4n) is 0.390. The summed E-state index contributed by atoms with van der Waals surface area (Å²) in [7, 11) is 0. The molecule has 0 atom stereocenters. The lowest BCUT2D eigenvalue weighted by Crippen LogP contribution is -1.69. The summed E-state index contributed by atoms with van der Waals surface area (Å²) in [5.41, 5.74) is 1.31. The van der Waals surface area contributed by atoms with Crippen LogP contribution in [0.4, 0.5) is 0 Å². The summed E-state index contributed by atoms with van der Waals surface area (Å²) < 4.78 is 1.19. The van der Waals surface area contributed by atoms with Gasteiger partial charge in [0.1, 0.15) is 0 Å². The molecule has 0 aliphatic rings. The third kappa shape index (κ3) is 4.87. The van der Waals surface area contributed by atoms with Gasteiger partial charge in [0.15, 0.2) is 0 Å². The molecule has 0 aromatic carbocycles. The summed E-state index contributed by atoms with van der Waals surface area (Å²) in [5, 5.41) is 0. The minimum atomic E-state index is 1.01. The summed E-state index contributed by atoms with van der Waals surface area (Å²) in [6, 6.07) is 0. The van der Waals surface area contributed by atoms with Gasteiger partial charge in [0.25, 0.3) is 0 Å². The van der Waals surface area contributed by atoms with E-state index in [2.05, 4.69) is 55.2 Å². The van der Waals surface area contributed by atoms with E-state index >= 15 is 0 Å². The van der Waals surface area contributed by atoms with Crippen LogP contribution in [0.3, 0.4) is 0 Å². The zero-order valence-corrected chi connectivity index (χ0v) is 8.95. The third-order valence-corrected chi connectivity index (χ3v) is 2.36. The van der Waals surface area contributed by atoms with Crippen LogP contribution in [0, 0.1) is 11.8 Å². The van der Waals surface area contributed by atoms with Gasteiger partial charge in [0.2, 0.25) is 0 Å². The van der Waals surface area contributed by atoms with Crippen LogP contribution in [0.1, 0.15) is 33.6 Å². The SMILES string of the molecule is CCCC#CC(I)=C(C)C. The standard InChI is InChI=1S/C9H13I/c1-4-5-6-7-9(10)8(2)3/h4-5H2,1-3H3. The highest BCUT2D eigenvalue weighted by Crippen LogP contribution is 2.09. The normalized spacial score (nSPS) is 8.00. The molecule has 0 radical (unpaired) electrons. The van der Waals surface area contributed by atoms with Gasteiger partial charge in [-0.1, -0.05) is 24.3 Å². The molecular weight excluding hydrogens is 235 g/mol. The van der Waals surface area contributed by atoms with Gasteiger partial charge in [-0.3, -0.25) is 0 Å². The van der Waals surface area contributed by atoms with Gasteiger partial charge in [0.05, 0.1) is 3.58 Å². The van der Waals surface area contributed by atoms with E-state index < -0.39 is 0 Å². The Labute approximate surface area is 77.2 Å². The molecule has 0 amide bonds. The Hall–Kier alpha value is 0.0300. The van der Waals surface area contributed by atoms with Crippen LogP contribution < -0.4 is 0 Å². The Morgan fingerprint density at radius 2 is 2.00 bits per heavy atom. The molecule has 0 bridgehead atoms. The molecule has 0 saturated carbocycles. The summed E-state index contributed by atoms with van der Waals surface area (Å²) >= 11 is 2.28. The van der Waals surface area contributed by atoms with Gasteiger partial charge in [-0.2, -0.15) is 0 Å². The van der Waals surface area contributed by atoms with Crippen molar-refractivity contribution in [2.75, 3.05) is 0 Å². The van der Waals surface area contributed by atoms with Crippen molar-refractivity contribution >= 4 is 22.6 Å². The lowest BCUT2D eigenvalue weighted by atomic mass is 10.3. The van der Waals surface area contributed by atoms with Gasteiger partial charge >= 0.3 is 0 Å². The van der Waals surface area contributed by atoms with Crippen LogP contribution >= 0.6 is 22.6 Å². The third-order valence-electron chi connectivity index (χ3n) is 1.01. The van der Waals surface area contributed by atoms with Crippen LogP contribution in [0.5, 0.6) is 0 Å². The van der Waals surface area contributed by atoms with E-state index in [1.54, 1.807) is 0 Å². The topological polar surface area (TPSA) is 0 Å². The second kappa shape index (κ2) is 5.79.